The molecule has 7 heteroatoms. The fourth-order valence-corrected chi connectivity index (χ4v) is 4.79. The Morgan fingerprint density at radius 1 is 0.967 bits per heavy atom. The predicted octanol–water partition coefficient (Wildman–Crippen LogP) is 3.95. The maximum Gasteiger partial charge on any atom is 0.249 e. The minimum Gasteiger partial charge on any atom is -0.383 e. The highest BCUT2D eigenvalue weighted by molar-refractivity contribution is 7.89. The van der Waals surface area contributed by atoms with Gasteiger partial charge < -0.3 is 9.42 Å². The minimum atomic E-state index is -3.83. The molecule has 158 valence electrons. The molecular weight excluding hydrogens is 398 g/mol. The zero-order chi connectivity index (χ0) is 21.6. The summed E-state index contributed by atoms with van der Waals surface area (Å²) in [6, 6.07) is 19.5. The Kier molecular flexibility index (Phi) is 7.07. The largest absolute Gasteiger partial charge is 0.383 e. The fourth-order valence-electron chi connectivity index (χ4n) is 3.11. The molecule has 1 heterocycles. The normalized spacial score (nSPS) is 12.0. The van der Waals surface area contributed by atoms with Crippen LogP contribution < -0.4 is 0 Å². The Hall–Kier alpha value is -2.90. The first-order valence-corrected chi connectivity index (χ1v) is 11.2. The van der Waals surface area contributed by atoms with Crippen molar-refractivity contribution in [3.8, 4) is 0 Å². The molecule has 0 unspecified atom stereocenters. The lowest BCUT2D eigenvalue weighted by molar-refractivity contribution is 0.399. The van der Waals surface area contributed by atoms with Crippen molar-refractivity contribution in [2.75, 3.05) is 20.6 Å². The SMILES string of the molecule is Cc1noc(C=CN(C)C)c1S(=O)(=O)N(CCc1ccccc1)Cc1ccccc1. The van der Waals surface area contributed by atoms with Gasteiger partial charge in [0.25, 0.3) is 0 Å². The molecule has 0 aliphatic heterocycles. The Labute approximate surface area is 178 Å². The van der Waals surface area contributed by atoms with Crippen molar-refractivity contribution in [3.63, 3.8) is 0 Å². The van der Waals surface area contributed by atoms with E-state index >= 15 is 0 Å². The molecule has 1 aromatic heterocycles. The third-order valence-electron chi connectivity index (χ3n) is 4.65. The van der Waals surface area contributed by atoms with Gasteiger partial charge in [0.2, 0.25) is 10.0 Å². The first-order chi connectivity index (χ1) is 14.4. The van der Waals surface area contributed by atoms with Crippen LogP contribution in [0.5, 0.6) is 0 Å². The molecular formula is C23H27N3O3S. The third-order valence-corrected chi connectivity index (χ3v) is 6.65. The molecule has 0 bridgehead atoms. The number of nitrogens with zero attached hydrogens (tertiary/aromatic N) is 3. The van der Waals surface area contributed by atoms with E-state index in [2.05, 4.69) is 5.16 Å². The highest BCUT2D eigenvalue weighted by Crippen LogP contribution is 2.27. The van der Waals surface area contributed by atoms with Gasteiger partial charge in [-0.3, -0.25) is 0 Å². The van der Waals surface area contributed by atoms with Crippen molar-refractivity contribution in [2.24, 2.45) is 0 Å². The zero-order valence-electron chi connectivity index (χ0n) is 17.5. The van der Waals surface area contributed by atoms with Gasteiger partial charge in [-0.05, 0) is 24.5 Å². The van der Waals surface area contributed by atoms with Crippen LogP contribution in [0.15, 0.2) is 76.3 Å². The first-order valence-electron chi connectivity index (χ1n) is 9.77. The number of aryl methyl sites for hydroxylation is 1. The van der Waals surface area contributed by atoms with Gasteiger partial charge in [-0.25, -0.2) is 8.42 Å². The summed E-state index contributed by atoms with van der Waals surface area (Å²) in [6.45, 7) is 2.28. The van der Waals surface area contributed by atoms with E-state index in [1.165, 1.54) is 4.31 Å². The molecule has 0 aliphatic rings. The zero-order valence-corrected chi connectivity index (χ0v) is 18.3. The highest BCUT2D eigenvalue weighted by Gasteiger charge is 2.31. The molecule has 0 atom stereocenters. The molecule has 0 amide bonds. The molecule has 0 spiro atoms. The molecule has 0 aliphatic carbocycles. The van der Waals surface area contributed by atoms with Crippen LogP contribution in [0.4, 0.5) is 0 Å². The van der Waals surface area contributed by atoms with E-state index in [0.717, 1.165) is 11.1 Å². The second kappa shape index (κ2) is 9.73. The van der Waals surface area contributed by atoms with Gasteiger partial charge in [0.1, 0.15) is 5.69 Å². The summed E-state index contributed by atoms with van der Waals surface area (Å²) in [5.41, 5.74) is 2.36. The molecule has 3 rings (SSSR count). The van der Waals surface area contributed by atoms with Gasteiger partial charge in [-0.1, -0.05) is 65.8 Å². The van der Waals surface area contributed by atoms with Gasteiger partial charge in [-0.2, -0.15) is 4.31 Å². The lowest BCUT2D eigenvalue weighted by Crippen LogP contribution is -2.33. The Balaban J connectivity index is 1.96. The van der Waals surface area contributed by atoms with Gasteiger partial charge in [0.15, 0.2) is 10.7 Å². The molecule has 2 aromatic carbocycles. The number of benzene rings is 2. The van der Waals surface area contributed by atoms with E-state index in [-0.39, 0.29) is 17.2 Å². The second-order valence-corrected chi connectivity index (χ2v) is 9.18. The first kappa shape index (κ1) is 21.8. The lowest BCUT2D eigenvalue weighted by atomic mass is 10.1. The predicted molar refractivity (Wildman–Crippen MR) is 118 cm³/mol. The van der Waals surface area contributed by atoms with E-state index in [4.69, 9.17) is 4.52 Å². The molecule has 0 radical (unpaired) electrons. The summed E-state index contributed by atoms with van der Waals surface area (Å²) in [6.07, 6.45) is 3.98. The van der Waals surface area contributed by atoms with Crippen LogP contribution in [0.3, 0.4) is 0 Å². The molecule has 30 heavy (non-hydrogen) atoms. The van der Waals surface area contributed by atoms with Crippen molar-refractivity contribution in [3.05, 3.63) is 89.4 Å². The van der Waals surface area contributed by atoms with Crippen LogP contribution in [0.2, 0.25) is 0 Å². The summed E-state index contributed by atoms with van der Waals surface area (Å²) in [5, 5.41) is 3.92. The van der Waals surface area contributed by atoms with Crippen LogP contribution in [-0.2, 0) is 23.0 Å². The van der Waals surface area contributed by atoms with Crippen molar-refractivity contribution >= 4 is 16.1 Å². The second-order valence-electron chi connectivity index (χ2n) is 7.30. The quantitative estimate of drug-likeness (QED) is 0.519. The van der Waals surface area contributed by atoms with Crippen LogP contribution in [0, 0.1) is 6.92 Å². The van der Waals surface area contributed by atoms with Gasteiger partial charge in [-0.15, -0.1) is 0 Å². The van der Waals surface area contributed by atoms with E-state index in [1.807, 2.05) is 79.7 Å². The molecule has 3 aromatic rings. The van der Waals surface area contributed by atoms with E-state index in [9.17, 15) is 8.42 Å². The van der Waals surface area contributed by atoms with Crippen LogP contribution >= 0.6 is 0 Å². The van der Waals surface area contributed by atoms with Gasteiger partial charge in [0, 0.05) is 39.5 Å². The number of rotatable bonds is 9. The third kappa shape index (κ3) is 5.37. The average molecular weight is 426 g/mol. The monoisotopic (exact) mass is 425 g/mol. The van der Waals surface area contributed by atoms with E-state index in [0.29, 0.717) is 18.7 Å². The number of hydrogen-bond donors (Lipinski definition) is 0. The Bertz CT molecular complexity index is 1080. The maximum absolute atomic E-state index is 13.7. The molecule has 0 N–H and O–H groups in total. The summed E-state index contributed by atoms with van der Waals surface area (Å²) >= 11 is 0. The van der Waals surface area contributed by atoms with Crippen LogP contribution in [0.1, 0.15) is 22.6 Å². The van der Waals surface area contributed by atoms with E-state index < -0.39 is 10.0 Å². The van der Waals surface area contributed by atoms with Crippen molar-refractivity contribution in [2.45, 2.75) is 24.8 Å². The topological polar surface area (TPSA) is 66.7 Å². The molecule has 6 nitrogen and oxygen atoms in total. The average Bonchev–Trinajstić information content (AvgIpc) is 3.12. The van der Waals surface area contributed by atoms with Crippen molar-refractivity contribution in [1.82, 2.24) is 14.4 Å². The summed E-state index contributed by atoms with van der Waals surface area (Å²) in [4.78, 5) is 1.93. The Morgan fingerprint density at radius 2 is 1.57 bits per heavy atom. The summed E-state index contributed by atoms with van der Waals surface area (Å²) in [7, 11) is -0.115. The summed E-state index contributed by atoms with van der Waals surface area (Å²) < 4.78 is 34.2. The summed E-state index contributed by atoms with van der Waals surface area (Å²) in [5.74, 6) is 0.235. The number of aromatic nitrogens is 1. The molecule has 0 saturated heterocycles. The minimum absolute atomic E-state index is 0.115. The smallest absolute Gasteiger partial charge is 0.249 e. The highest BCUT2D eigenvalue weighted by atomic mass is 32.2. The fraction of sp³-hybridized carbons (Fsp3) is 0.261. The Morgan fingerprint density at radius 3 is 2.17 bits per heavy atom. The van der Waals surface area contributed by atoms with E-state index in [1.54, 1.807) is 19.2 Å². The standard InChI is InChI=1S/C23H27N3O3S/c1-19-23(22(29-24-19)15-16-25(2)3)30(27,28)26(18-21-12-8-5-9-13-21)17-14-20-10-6-4-7-11-20/h4-13,15-16H,14,17-18H2,1-3H3. The van der Waals surface area contributed by atoms with Gasteiger partial charge in [0.05, 0.1) is 0 Å². The molecule has 0 saturated carbocycles. The van der Waals surface area contributed by atoms with Crippen LogP contribution in [0.25, 0.3) is 6.08 Å². The van der Waals surface area contributed by atoms with Crippen LogP contribution in [-0.4, -0.2) is 43.4 Å². The number of sulfonamides is 1. The number of hydrogen-bond acceptors (Lipinski definition) is 5. The van der Waals surface area contributed by atoms with Crippen molar-refractivity contribution in [1.29, 1.82) is 0 Å². The molecule has 0 fully saturated rings. The maximum atomic E-state index is 13.7. The van der Waals surface area contributed by atoms with Crippen molar-refractivity contribution < 1.29 is 12.9 Å². The lowest BCUT2D eigenvalue weighted by Gasteiger charge is -2.22. The van der Waals surface area contributed by atoms with Gasteiger partial charge >= 0.3 is 0 Å².